The first kappa shape index (κ1) is 17.7. The lowest BCUT2D eigenvalue weighted by Gasteiger charge is -2.34. The van der Waals surface area contributed by atoms with Crippen molar-refractivity contribution in [2.75, 3.05) is 40.8 Å². The summed E-state index contributed by atoms with van der Waals surface area (Å²) in [5, 5.41) is 8.88. The summed E-state index contributed by atoms with van der Waals surface area (Å²) in [6.07, 6.45) is 0. The van der Waals surface area contributed by atoms with Gasteiger partial charge in [-0.25, -0.2) is 4.79 Å². The molecule has 2 unspecified atom stereocenters. The molecule has 2 atom stereocenters. The summed E-state index contributed by atoms with van der Waals surface area (Å²) in [6, 6.07) is -0.0277. The van der Waals surface area contributed by atoms with E-state index in [1.165, 1.54) is 4.90 Å². The maximum absolute atomic E-state index is 12.3. The first-order chi connectivity index (χ1) is 8.70. The fourth-order valence-electron chi connectivity index (χ4n) is 2.05. The molecule has 0 rings (SSSR count). The third-order valence-electron chi connectivity index (χ3n) is 3.04. The highest BCUT2D eigenvalue weighted by Gasteiger charge is 2.24. The summed E-state index contributed by atoms with van der Waals surface area (Å²) in [5.41, 5.74) is 0. The lowest BCUT2D eigenvalue weighted by molar-refractivity contribution is -0.141. The molecule has 112 valence electrons. The minimum atomic E-state index is -0.885. The number of likely N-dealkylation sites (N-methyl/N-ethyl adjacent to an activating group) is 2. The Balaban J connectivity index is 4.61. The molecule has 19 heavy (non-hydrogen) atoms. The van der Waals surface area contributed by atoms with Crippen LogP contribution in [0.3, 0.4) is 0 Å². The number of amides is 2. The molecule has 0 radical (unpaired) electrons. The molecular weight excluding hydrogens is 246 g/mol. The molecule has 0 aromatic rings. The molecule has 0 fully saturated rings. The molecule has 6 heteroatoms. The summed E-state index contributed by atoms with van der Waals surface area (Å²) >= 11 is 0. The van der Waals surface area contributed by atoms with E-state index in [4.69, 9.17) is 5.11 Å². The van der Waals surface area contributed by atoms with Gasteiger partial charge in [-0.15, -0.1) is 0 Å². The summed E-state index contributed by atoms with van der Waals surface area (Å²) in [6.45, 7) is 7.14. The maximum atomic E-state index is 12.3. The molecule has 0 aromatic heterocycles. The molecule has 1 N–H and O–H groups in total. The maximum Gasteiger partial charge on any atom is 0.320 e. The van der Waals surface area contributed by atoms with Crippen molar-refractivity contribution in [2.45, 2.75) is 26.8 Å². The van der Waals surface area contributed by atoms with Gasteiger partial charge in [0, 0.05) is 32.7 Å². The van der Waals surface area contributed by atoms with E-state index in [1.54, 1.807) is 18.9 Å². The number of rotatable bonds is 7. The molecule has 0 aromatic carbocycles. The van der Waals surface area contributed by atoms with Gasteiger partial charge in [-0.1, -0.05) is 6.92 Å². The Hall–Kier alpha value is -1.30. The number of hydrogen-bond acceptors (Lipinski definition) is 3. The van der Waals surface area contributed by atoms with E-state index in [2.05, 4.69) is 0 Å². The van der Waals surface area contributed by atoms with Crippen molar-refractivity contribution in [1.82, 2.24) is 14.7 Å². The fourth-order valence-corrected chi connectivity index (χ4v) is 2.05. The highest BCUT2D eigenvalue weighted by Crippen LogP contribution is 2.07. The van der Waals surface area contributed by atoms with Crippen LogP contribution in [0, 0.1) is 5.92 Å². The van der Waals surface area contributed by atoms with Gasteiger partial charge in [-0.05, 0) is 27.9 Å². The minimum Gasteiger partial charge on any atom is -0.481 e. The number of hydrogen-bond donors (Lipinski definition) is 1. The largest absolute Gasteiger partial charge is 0.481 e. The average Bonchev–Trinajstić information content (AvgIpc) is 2.28. The van der Waals surface area contributed by atoms with E-state index >= 15 is 0 Å². The first-order valence-electron chi connectivity index (χ1n) is 6.59. The Morgan fingerprint density at radius 1 is 1.11 bits per heavy atom. The van der Waals surface area contributed by atoms with Crippen LogP contribution in [-0.2, 0) is 4.79 Å². The molecule has 0 aliphatic carbocycles. The second-order valence-electron chi connectivity index (χ2n) is 5.30. The Labute approximate surface area is 116 Å². The molecule has 0 bridgehead atoms. The Morgan fingerprint density at radius 2 is 1.63 bits per heavy atom. The molecule has 0 spiro atoms. The van der Waals surface area contributed by atoms with Crippen molar-refractivity contribution < 1.29 is 14.7 Å². The third-order valence-corrected chi connectivity index (χ3v) is 3.04. The van der Waals surface area contributed by atoms with Crippen molar-refractivity contribution >= 4 is 12.0 Å². The molecule has 0 saturated carbocycles. The summed E-state index contributed by atoms with van der Waals surface area (Å²) < 4.78 is 0. The van der Waals surface area contributed by atoms with Gasteiger partial charge in [0.25, 0.3) is 0 Å². The molecule has 0 heterocycles. The van der Waals surface area contributed by atoms with Gasteiger partial charge < -0.3 is 19.8 Å². The molecule has 0 aliphatic heterocycles. The van der Waals surface area contributed by atoms with Crippen LogP contribution in [0.25, 0.3) is 0 Å². The number of carbonyl (C=O) groups is 2. The monoisotopic (exact) mass is 273 g/mol. The molecular formula is C13H27N3O3. The summed E-state index contributed by atoms with van der Waals surface area (Å²) in [5.74, 6) is -1.44. The van der Waals surface area contributed by atoms with Gasteiger partial charge in [0.15, 0.2) is 0 Å². The quantitative estimate of drug-likeness (QED) is 0.752. The number of urea groups is 1. The number of carboxylic acid groups (broad SMARTS) is 1. The van der Waals surface area contributed by atoms with Crippen LogP contribution in [0.4, 0.5) is 4.79 Å². The van der Waals surface area contributed by atoms with E-state index in [0.717, 1.165) is 6.54 Å². The standard InChI is InChI=1S/C13H27N3O3/c1-7-16(11(3)9-14(4)5)13(19)15(6)8-10(2)12(17)18/h10-11H,7-9H2,1-6H3,(H,17,18). The van der Waals surface area contributed by atoms with Crippen LogP contribution in [-0.4, -0.2) is 78.6 Å². The van der Waals surface area contributed by atoms with E-state index in [9.17, 15) is 9.59 Å². The van der Waals surface area contributed by atoms with Crippen molar-refractivity contribution in [3.63, 3.8) is 0 Å². The normalized spacial score (nSPS) is 14.1. The van der Waals surface area contributed by atoms with E-state index < -0.39 is 11.9 Å². The van der Waals surface area contributed by atoms with Crippen LogP contribution >= 0.6 is 0 Å². The zero-order chi connectivity index (χ0) is 15.2. The number of carboxylic acids is 1. The van der Waals surface area contributed by atoms with Crippen molar-refractivity contribution in [2.24, 2.45) is 5.92 Å². The smallest absolute Gasteiger partial charge is 0.320 e. The highest BCUT2D eigenvalue weighted by molar-refractivity contribution is 5.76. The number of aliphatic carboxylic acids is 1. The van der Waals surface area contributed by atoms with E-state index in [-0.39, 0.29) is 18.6 Å². The average molecular weight is 273 g/mol. The zero-order valence-corrected chi connectivity index (χ0v) is 12.9. The highest BCUT2D eigenvalue weighted by atomic mass is 16.4. The minimum absolute atomic E-state index is 0.0927. The Bertz CT molecular complexity index is 308. The second-order valence-corrected chi connectivity index (χ2v) is 5.30. The van der Waals surface area contributed by atoms with Crippen molar-refractivity contribution in [3.05, 3.63) is 0 Å². The number of nitrogens with zero attached hydrogens (tertiary/aromatic N) is 3. The van der Waals surface area contributed by atoms with Crippen molar-refractivity contribution in [3.8, 4) is 0 Å². The van der Waals surface area contributed by atoms with Gasteiger partial charge in [0.05, 0.1) is 5.92 Å². The van der Waals surface area contributed by atoms with Crippen LogP contribution < -0.4 is 0 Å². The third kappa shape index (κ3) is 5.92. The Kier molecular flexibility index (Phi) is 7.44. The van der Waals surface area contributed by atoms with Crippen LogP contribution in [0.1, 0.15) is 20.8 Å². The molecule has 2 amide bonds. The van der Waals surface area contributed by atoms with Gasteiger partial charge in [-0.3, -0.25) is 4.79 Å². The van der Waals surface area contributed by atoms with Crippen LogP contribution in [0.15, 0.2) is 0 Å². The predicted molar refractivity (Wildman–Crippen MR) is 75.2 cm³/mol. The predicted octanol–water partition coefficient (Wildman–Crippen LogP) is 1.03. The van der Waals surface area contributed by atoms with E-state index in [0.29, 0.717) is 6.54 Å². The van der Waals surface area contributed by atoms with Gasteiger partial charge in [0.1, 0.15) is 0 Å². The second kappa shape index (κ2) is 7.99. The van der Waals surface area contributed by atoms with Gasteiger partial charge in [-0.2, -0.15) is 0 Å². The van der Waals surface area contributed by atoms with Gasteiger partial charge in [0.2, 0.25) is 0 Å². The number of carbonyl (C=O) groups excluding carboxylic acids is 1. The SMILES string of the molecule is CCN(C(=O)N(C)CC(C)C(=O)O)C(C)CN(C)C. The van der Waals surface area contributed by atoms with Crippen LogP contribution in [0.5, 0.6) is 0 Å². The lowest BCUT2D eigenvalue weighted by atomic mass is 10.2. The van der Waals surface area contributed by atoms with Crippen LogP contribution in [0.2, 0.25) is 0 Å². The van der Waals surface area contributed by atoms with E-state index in [1.807, 2.05) is 32.8 Å². The topological polar surface area (TPSA) is 64.1 Å². The zero-order valence-electron chi connectivity index (χ0n) is 12.9. The lowest BCUT2D eigenvalue weighted by Crippen LogP contribution is -2.50. The first-order valence-corrected chi connectivity index (χ1v) is 6.59. The van der Waals surface area contributed by atoms with Crippen molar-refractivity contribution in [1.29, 1.82) is 0 Å². The fraction of sp³-hybridized carbons (Fsp3) is 0.846. The molecule has 0 aliphatic rings. The molecule has 0 saturated heterocycles. The Morgan fingerprint density at radius 3 is 2.00 bits per heavy atom. The summed E-state index contributed by atoms with van der Waals surface area (Å²) in [4.78, 5) is 28.4. The summed E-state index contributed by atoms with van der Waals surface area (Å²) in [7, 11) is 5.57. The van der Waals surface area contributed by atoms with Gasteiger partial charge >= 0.3 is 12.0 Å². The molecule has 6 nitrogen and oxygen atoms in total.